The second-order valence-electron chi connectivity index (χ2n) is 4.81. The number of hydrogen-bond donors (Lipinski definition) is 1. The molecule has 0 fully saturated rings. The quantitative estimate of drug-likeness (QED) is 0.838. The van der Waals surface area contributed by atoms with Gasteiger partial charge in [0, 0.05) is 22.3 Å². The molecule has 0 aliphatic carbocycles. The van der Waals surface area contributed by atoms with Gasteiger partial charge >= 0.3 is 0 Å². The molecule has 0 radical (unpaired) electrons. The fourth-order valence-corrected chi connectivity index (χ4v) is 2.25. The largest absolute Gasteiger partial charge is 0.398 e. The first-order valence-corrected chi connectivity index (χ1v) is 7.32. The highest BCUT2D eigenvalue weighted by Gasteiger charge is 2.22. The number of rotatable bonds is 5. The summed E-state index contributed by atoms with van der Waals surface area (Å²) in [6.07, 6.45) is -0.158. The molecule has 2 N–H and O–H groups in total. The molecule has 0 saturated heterocycles. The predicted octanol–water partition coefficient (Wildman–Crippen LogP) is 3.81. The van der Waals surface area contributed by atoms with Crippen molar-refractivity contribution in [3.05, 3.63) is 28.5 Å². The van der Waals surface area contributed by atoms with Crippen LogP contribution in [0.4, 0.5) is 5.69 Å². The van der Waals surface area contributed by atoms with Crippen molar-refractivity contribution >= 4 is 21.6 Å². The molecule has 1 heterocycles. The Morgan fingerprint density at radius 2 is 2.15 bits per heavy atom. The summed E-state index contributed by atoms with van der Waals surface area (Å²) in [7, 11) is 0. The Kier molecular flexibility index (Phi) is 4.77. The Morgan fingerprint density at radius 1 is 1.40 bits per heavy atom. The number of anilines is 1. The van der Waals surface area contributed by atoms with Crippen molar-refractivity contribution in [1.29, 1.82) is 0 Å². The zero-order valence-electron chi connectivity index (χ0n) is 11.8. The minimum atomic E-state index is -0.158. The molecule has 0 aliphatic heterocycles. The summed E-state index contributed by atoms with van der Waals surface area (Å²) < 4.78 is 11.8. The highest BCUT2D eigenvalue weighted by atomic mass is 79.9. The van der Waals surface area contributed by atoms with Crippen LogP contribution >= 0.6 is 15.9 Å². The lowest BCUT2D eigenvalue weighted by Crippen LogP contribution is -2.12. The van der Waals surface area contributed by atoms with Crippen molar-refractivity contribution in [2.75, 3.05) is 12.3 Å². The van der Waals surface area contributed by atoms with Crippen LogP contribution in [0, 0.1) is 5.92 Å². The molecule has 2 rings (SSSR count). The smallest absolute Gasteiger partial charge is 0.258 e. The number of ether oxygens (including phenoxy) is 1. The lowest BCUT2D eigenvalue weighted by molar-refractivity contribution is 0.0217. The molecule has 0 aliphatic rings. The van der Waals surface area contributed by atoms with E-state index in [1.54, 1.807) is 6.07 Å². The Labute approximate surface area is 126 Å². The molecule has 1 aromatic carbocycles. The summed E-state index contributed by atoms with van der Waals surface area (Å²) in [4.78, 5) is 4.43. The average molecular weight is 340 g/mol. The molecule has 6 heteroatoms. The second kappa shape index (κ2) is 6.37. The van der Waals surface area contributed by atoms with Gasteiger partial charge in [0.1, 0.15) is 6.10 Å². The third-order valence-corrected chi connectivity index (χ3v) is 3.58. The first kappa shape index (κ1) is 15.0. The fraction of sp³-hybridized carbons (Fsp3) is 0.429. The Bertz CT molecular complexity index is 584. The summed E-state index contributed by atoms with van der Waals surface area (Å²) in [6, 6.07) is 5.51. The van der Waals surface area contributed by atoms with Gasteiger partial charge in [-0.2, -0.15) is 4.98 Å². The van der Waals surface area contributed by atoms with E-state index in [9.17, 15) is 0 Å². The van der Waals surface area contributed by atoms with E-state index in [-0.39, 0.29) is 12.0 Å². The van der Waals surface area contributed by atoms with Gasteiger partial charge < -0.3 is 15.0 Å². The van der Waals surface area contributed by atoms with E-state index < -0.39 is 0 Å². The molecular weight excluding hydrogens is 322 g/mol. The van der Waals surface area contributed by atoms with Crippen molar-refractivity contribution < 1.29 is 9.26 Å². The van der Waals surface area contributed by atoms with Crippen LogP contribution in [0.1, 0.15) is 32.7 Å². The average Bonchev–Trinajstić information content (AvgIpc) is 2.88. The molecule has 5 nitrogen and oxygen atoms in total. The Morgan fingerprint density at radius 3 is 2.75 bits per heavy atom. The topological polar surface area (TPSA) is 74.2 Å². The third-order valence-electron chi connectivity index (χ3n) is 2.90. The zero-order chi connectivity index (χ0) is 14.7. The van der Waals surface area contributed by atoms with Crippen LogP contribution in [0.25, 0.3) is 11.5 Å². The highest BCUT2D eigenvalue weighted by Crippen LogP contribution is 2.29. The van der Waals surface area contributed by atoms with E-state index in [4.69, 9.17) is 15.0 Å². The number of nitrogens with zero attached hydrogens (tertiary/aromatic N) is 2. The maximum atomic E-state index is 5.77. The van der Waals surface area contributed by atoms with Gasteiger partial charge in [-0.1, -0.05) is 19.0 Å². The van der Waals surface area contributed by atoms with E-state index in [1.165, 1.54) is 0 Å². The third kappa shape index (κ3) is 3.19. The minimum absolute atomic E-state index is 0.158. The van der Waals surface area contributed by atoms with Crippen LogP contribution in [0.5, 0.6) is 0 Å². The van der Waals surface area contributed by atoms with E-state index >= 15 is 0 Å². The molecule has 20 heavy (non-hydrogen) atoms. The summed E-state index contributed by atoms with van der Waals surface area (Å²) in [6.45, 7) is 6.69. The number of nitrogen functional groups attached to an aromatic ring is 1. The number of hydrogen-bond acceptors (Lipinski definition) is 5. The fourth-order valence-electron chi connectivity index (χ4n) is 1.87. The van der Waals surface area contributed by atoms with Gasteiger partial charge in [0.2, 0.25) is 5.82 Å². The lowest BCUT2D eigenvalue weighted by Gasteiger charge is -2.16. The summed E-state index contributed by atoms with van der Waals surface area (Å²) in [5, 5.41) is 4.03. The molecule has 0 saturated carbocycles. The molecule has 108 valence electrons. The van der Waals surface area contributed by atoms with Crippen molar-refractivity contribution in [1.82, 2.24) is 10.1 Å². The van der Waals surface area contributed by atoms with E-state index in [0.717, 1.165) is 10.0 Å². The summed E-state index contributed by atoms with van der Waals surface area (Å²) in [5.74, 6) is 1.31. The maximum Gasteiger partial charge on any atom is 0.258 e. The standard InChI is InChI=1S/C14H18BrN3O2/c1-4-19-12(8(2)3)13-17-14(20-18-13)9-5-6-11(16)10(15)7-9/h5-8,12H,4,16H2,1-3H3. The maximum absolute atomic E-state index is 5.77. The molecule has 2 aromatic rings. The summed E-state index contributed by atoms with van der Waals surface area (Å²) in [5.41, 5.74) is 7.26. The van der Waals surface area contributed by atoms with E-state index in [2.05, 4.69) is 39.9 Å². The second-order valence-corrected chi connectivity index (χ2v) is 5.67. The molecule has 1 aromatic heterocycles. The van der Waals surface area contributed by atoms with Crippen LogP contribution in [0.2, 0.25) is 0 Å². The monoisotopic (exact) mass is 339 g/mol. The van der Waals surface area contributed by atoms with Crippen molar-refractivity contribution in [2.45, 2.75) is 26.9 Å². The van der Waals surface area contributed by atoms with Crippen molar-refractivity contribution in [3.63, 3.8) is 0 Å². The van der Waals surface area contributed by atoms with Gasteiger partial charge in [0.15, 0.2) is 0 Å². The molecular formula is C14H18BrN3O2. The van der Waals surface area contributed by atoms with E-state index in [0.29, 0.717) is 24.0 Å². The number of nitrogens with two attached hydrogens (primary N) is 1. The molecule has 1 unspecified atom stereocenters. The van der Waals surface area contributed by atoms with Crippen LogP contribution in [-0.2, 0) is 4.74 Å². The van der Waals surface area contributed by atoms with Crippen LogP contribution in [0.15, 0.2) is 27.2 Å². The van der Waals surface area contributed by atoms with Gasteiger partial charge in [-0.25, -0.2) is 0 Å². The van der Waals surface area contributed by atoms with Crippen LogP contribution < -0.4 is 5.73 Å². The molecule has 0 spiro atoms. The predicted molar refractivity (Wildman–Crippen MR) is 81.1 cm³/mol. The lowest BCUT2D eigenvalue weighted by atomic mass is 10.1. The molecule has 0 bridgehead atoms. The van der Waals surface area contributed by atoms with E-state index in [1.807, 2.05) is 19.1 Å². The van der Waals surface area contributed by atoms with Crippen LogP contribution in [-0.4, -0.2) is 16.7 Å². The van der Waals surface area contributed by atoms with Crippen LogP contribution in [0.3, 0.4) is 0 Å². The number of halogens is 1. The Hall–Kier alpha value is -1.40. The molecule has 1 atom stereocenters. The first-order valence-electron chi connectivity index (χ1n) is 6.53. The first-order chi connectivity index (χ1) is 9.52. The minimum Gasteiger partial charge on any atom is -0.398 e. The van der Waals surface area contributed by atoms with Gasteiger partial charge in [0.25, 0.3) is 5.89 Å². The van der Waals surface area contributed by atoms with Gasteiger partial charge in [-0.3, -0.25) is 0 Å². The van der Waals surface area contributed by atoms with Crippen molar-refractivity contribution in [2.24, 2.45) is 5.92 Å². The number of benzene rings is 1. The Balaban J connectivity index is 2.29. The summed E-state index contributed by atoms with van der Waals surface area (Å²) >= 11 is 3.39. The molecule has 0 amide bonds. The zero-order valence-corrected chi connectivity index (χ0v) is 13.3. The number of aromatic nitrogens is 2. The highest BCUT2D eigenvalue weighted by molar-refractivity contribution is 9.10. The van der Waals surface area contributed by atoms with Gasteiger partial charge in [-0.05, 0) is 47.0 Å². The van der Waals surface area contributed by atoms with Gasteiger partial charge in [0.05, 0.1) is 0 Å². The SMILES string of the molecule is CCOC(c1noc(-c2ccc(N)c(Br)c2)n1)C(C)C. The van der Waals surface area contributed by atoms with Crippen molar-refractivity contribution in [3.8, 4) is 11.5 Å². The normalized spacial score (nSPS) is 12.8. The van der Waals surface area contributed by atoms with Gasteiger partial charge in [-0.15, -0.1) is 0 Å².